The number of benzene rings is 1. The van der Waals surface area contributed by atoms with Crippen LogP contribution in [0.1, 0.15) is 19.8 Å². The highest BCUT2D eigenvalue weighted by Crippen LogP contribution is 2.18. The number of ether oxygens (including phenoxy) is 1. The van der Waals surface area contributed by atoms with Gasteiger partial charge in [-0.2, -0.15) is 0 Å². The Balaban J connectivity index is 2.00. The average Bonchev–Trinajstić information content (AvgIpc) is 2.81. The van der Waals surface area contributed by atoms with Gasteiger partial charge in [-0.1, -0.05) is 6.07 Å². The number of carbonyl (C=O) groups excluding carboxylic acids is 2. The second-order valence-corrected chi connectivity index (χ2v) is 4.25. The van der Waals surface area contributed by atoms with E-state index < -0.39 is 0 Å². The highest BCUT2D eigenvalue weighted by Gasteiger charge is 2.23. The maximum absolute atomic E-state index is 11.8. The molecule has 1 aromatic rings. The second kappa shape index (κ2) is 5.64. The van der Waals surface area contributed by atoms with E-state index in [1.807, 2.05) is 0 Å². The molecule has 0 saturated carbocycles. The van der Waals surface area contributed by atoms with Crippen molar-refractivity contribution < 1.29 is 14.3 Å². The summed E-state index contributed by atoms with van der Waals surface area (Å²) in [6, 6.07) is 7.03. The quantitative estimate of drug-likeness (QED) is 0.856. The van der Waals surface area contributed by atoms with Gasteiger partial charge in [-0.3, -0.25) is 9.59 Å². The van der Waals surface area contributed by atoms with E-state index in [-0.39, 0.29) is 17.9 Å². The van der Waals surface area contributed by atoms with Crippen molar-refractivity contribution in [1.82, 2.24) is 0 Å². The Labute approximate surface area is 106 Å². The third-order valence-corrected chi connectivity index (χ3v) is 2.67. The number of rotatable bonds is 3. The van der Waals surface area contributed by atoms with Gasteiger partial charge in [-0.05, 0) is 31.0 Å². The van der Waals surface area contributed by atoms with Gasteiger partial charge >= 0.3 is 0 Å². The molecule has 1 unspecified atom stereocenters. The molecule has 0 radical (unpaired) electrons. The molecule has 5 nitrogen and oxygen atoms in total. The maximum atomic E-state index is 11.8. The SMILES string of the molecule is CC(=O)Nc1cccc(NC(=O)C2CCCO2)c1. The van der Waals surface area contributed by atoms with Crippen LogP contribution in [0.4, 0.5) is 11.4 Å². The monoisotopic (exact) mass is 248 g/mol. The van der Waals surface area contributed by atoms with Crippen LogP contribution in [-0.2, 0) is 14.3 Å². The maximum Gasteiger partial charge on any atom is 0.253 e. The van der Waals surface area contributed by atoms with Crippen LogP contribution in [0, 0.1) is 0 Å². The van der Waals surface area contributed by atoms with Crippen molar-refractivity contribution >= 4 is 23.2 Å². The summed E-state index contributed by atoms with van der Waals surface area (Å²) in [5.74, 6) is -0.273. The van der Waals surface area contributed by atoms with Crippen LogP contribution in [0.2, 0.25) is 0 Å². The second-order valence-electron chi connectivity index (χ2n) is 4.25. The predicted octanol–water partition coefficient (Wildman–Crippen LogP) is 1.76. The minimum atomic E-state index is -0.352. The van der Waals surface area contributed by atoms with Crippen molar-refractivity contribution in [3.05, 3.63) is 24.3 Å². The van der Waals surface area contributed by atoms with Gasteiger partial charge in [0.05, 0.1) is 0 Å². The summed E-state index contributed by atoms with van der Waals surface area (Å²) >= 11 is 0. The van der Waals surface area contributed by atoms with Gasteiger partial charge in [-0.25, -0.2) is 0 Å². The normalized spacial score (nSPS) is 18.4. The molecule has 2 rings (SSSR count). The summed E-state index contributed by atoms with van der Waals surface area (Å²) < 4.78 is 5.30. The Kier molecular flexibility index (Phi) is 3.94. The van der Waals surface area contributed by atoms with Gasteiger partial charge in [-0.15, -0.1) is 0 Å². The number of carbonyl (C=O) groups is 2. The Morgan fingerprint density at radius 1 is 1.28 bits per heavy atom. The van der Waals surface area contributed by atoms with Gasteiger partial charge in [0.25, 0.3) is 5.91 Å². The highest BCUT2D eigenvalue weighted by molar-refractivity contribution is 5.95. The summed E-state index contributed by atoms with van der Waals surface area (Å²) in [6.45, 7) is 2.08. The lowest BCUT2D eigenvalue weighted by Crippen LogP contribution is -2.26. The van der Waals surface area contributed by atoms with Crippen LogP contribution in [0.5, 0.6) is 0 Å². The smallest absolute Gasteiger partial charge is 0.253 e. The van der Waals surface area contributed by atoms with Gasteiger partial charge in [0.15, 0.2) is 0 Å². The summed E-state index contributed by atoms with van der Waals surface area (Å²) in [7, 11) is 0. The molecule has 0 bridgehead atoms. The third-order valence-electron chi connectivity index (χ3n) is 2.67. The molecule has 18 heavy (non-hydrogen) atoms. The van der Waals surface area contributed by atoms with Crippen molar-refractivity contribution in [3.8, 4) is 0 Å². The van der Waals surface area contributed by atoms with Gasteiger partial charge < -0.3 is 15.4 Å². The van der Waals surface area contributed by atoms with Crippen molar-refractivity contribution in [1.29, 1.82) is 0 Å². The minimum absolute atomic E-state index is 0.132. The minimum Gasteiger partial charge on any atom is -0.368 e. The van der Waals surface area contributed by atoms with E-state index in [0.29, 0.717) is 18.0 Å². The first-order chi connectivity index (χ1) is 8.65. The molecule has 1 atom stereocenters. The average molecular weight is 248 g/mol. The van der Waals surface area contributed by atoms with Crippen molar-refractivity contribution in [2.45, 2.75) is 25.9 Å². The number of nitrogens with one attached hydrogen (secondary N) is 2. The van der Waals surface area contributed by atoms with E-state index in [1.54, 1.807) is 24.3 Å². The topological polar surface area (TPSA) is 67.4 Å². The van der Waals surface area contributed by atoms with Gasteiger partial charge in [0, 0.05) is 24.9 Å². The zero-order valence-corrected chi connectivity index (χ0v) is 10.2. The molecule has 1 aliphatic rings. The first-order valence-corrected chi connectivity index (χ1v) is 5.95. The lowest BCUT2D eigenvalue weighted by Gasteiger charge is -2.11. The molecule has 0 spiro atoms. The van der Waals surface area contributed by atoms with E-state index in [9.17, 15) is 9.59 Å². The molecular weight excluding hydrogens is 232 g/mol. The molecule has 2 N–H and O–H groups in total. The molecule has 1 saturated heterocycles. The predicted molar refractivity (Wildman–Crippen MR) is 68.3 cm³/mol. The lowest BCUT2D eigenvalue weighted by molar-refractivity contribution is -0.124. The number of hydrogen-bond acceptors (Lipinski definition) is 3. The van der Waals surface area contributed by atoms with Crippen LogP contribution >= 0.6 is 0 Å². The Bertz CT molecular complexity index is 453. The molecule has 1 fully saturated rings. The Morgan fingerprint density at radius 2 is 2.00 bits per heavy atom. The fourth-order valence-corrected chi connectivity index (χ4v) is 1.89. The molecule has 96 valence electrons. The summed E-state index contributed by atoms with van der Waals surface area (Å²) in [5, 5.41) is 5.45. The molecule has 1 aromatic carbocycles. The molecule has 2 amide bonds. The van der Waals surface area contributed by atoms with Crippen LogP contribution in [0.25, 0.3) is 0 Å². The van der Waals surface area contributed by atoms with Gasteiger partial charge in [0.1, 0.15) is 6.10 Å². The lowest BCUT2D eigenvalue weighted by atomic mass is 10.2. The summed E-state index contributed by atoms with van der Waals surface area (Å²) in [5.41, 5.74) is 1.31. The van der Waals surface area contributed by atoms with Crippen LogP contribution in [0.15, 0.2) is 24.3 Å². The van der Waals surface area contributed by atoms with Crippen molar-refractivity contribution in [2.75, 3.05) is 17.2 Å². The Hall–Kier alpha value is -1.88. The van der Waals surface area contributed by atoms with Crippen molar-refractivity contribution in [2.24, 2.45) is 0 Å². The zero-order chi connectivity index (χ0) is 13.0. The van der Waals surface area contributed by atoms with Crippen LogP contribution < -0.4 is 10.6 Å². The van der Waals surface area contributed by atoms with Crippen molar-refractivity contribution in [3.63, 3.8) is 0 Å². The Morgan fingerprint density at radius 3 is 2.61 bits per heavy atom. The van der Waals surface area contributed by atoms with Crippen LogP contribution in [-0.4, -0.2) is 24.5 Å². The number of amides is 2. The first-order valence-electron chi connectivity index (χ1n) is 5.95. The fourth-order valence-electron chi connectivity index (χ4n) is 1.89. The van der Waals surface area contributed by atoms with E-state index in [2.05, 4.69) is 10.6 Å². The molecular formula is C13H16N2O3. The third kappa shape index (κ3) is 3.30. The molecule has 0 aromatic heterocycles. The van der Waals surface area contributed by atoms with Gasteiger partial charge in [0.2, 0.25) is 5.91 Å². The molecule has 0 aliphatic carbocycles. The molecule has 5 heteroatoms. The van der Waals surface area contributed by atoms with E-state index >= 15 is 0 Å². The first kappa shape index (κ1) is 12.6. The molecule has 1 heterocycles. The number of hydrogen-bond donors (Lipinski definition) is 2. The fraction of sp³-hybridized carbons (Fsp3) is 0.385. The zero-order valence-electron chi connectivity index (χ0n) is 10.2. The van der Waals surface area contributed by atoms with E-state index in [1.165, 1.54) is 6.92 Å². The molecule has 1 aliphatic heterocycles. The highest BCUT2D eigenvalue weighted by atomic mass is 16.5. The largest absolute Gasteiger partial charge is 0.368 e. The number of anilines is 2. The van der Waals surface area contributed by atoms with E-state index in [4.69, 9.17) is 4.74 Å². The van der Waals surface area contributed by atoms with E-state index in [0.717, 1.165) is 12.8 Å². The summed E-state index contributed by atoms with van der Waals surface area (Å²) in [4.78, 5) is 22.8. The standard InChI is InChI=1S/C13H16N2O3/c1-9(16)14-10-4-2-5-11(8-10)15-13(17)12-6-3-7-18-12/h2,4-5,8,12H,3,6-7H2,1H3,(H,14,16)(H,15,17). The summed E-state index contributed by atoms with van der Waals surface area (Å²) in [6.07, 6.45) is 1.33. The van der Waals surface area contributed by atoms with Crippen LogP contribution in [0.3, 0.4) is 0 Å².